The van der Waals surface area contributed by atoms with E-state index in [4.69, 9.17) is 4.74 Å². The van der Waals surface area contributed by atoms with Crippen molar-refractivity contribution >= 4 is 12.1 Å². The van der Waals surface area contributed by atoms with Gasteiger partial charge in [-0.15, -0.1) is 0 Å². The van der Waals surface area contributed by atoms with Gasteiger partial charge in [-0.25, -0.2) is 4.79 Å². The lowest BCUT2D eigenvalue weighted by molar-refractivity contribution is 0.0474. The molecular formula is C18H39N5O2. The molecule has 0 aromatic heterocycles. The first kappa shape index (κ1) is 23.5. The molecule has 0 aromatic carbocycles. The summed E-state index contributed by atoms with van der Waals surface area (Å²) >= 11 is 0. The van der Waals surface area contributed by atoms with Gasteiger partial charge in [0.15, 0.2) is 5.96 Å². The van der Waals surface area contributed by atoms with Crippen LogP contribution in [0, 0.1) is 0 Å². The highest BCUT2D eigenvalue weighted by atomic mass is 16.6. The quantitative estimate of drug-likeness (QED) is 0.458. The topological polar surface area (TPSA) is 78.0 Å². The average molecular weight is 358 g/mol. The van der Waals surface area contributed by atoms with Crippen LogP contribution in [0.3, 0.4) is 0 Å². The zero-order valence-electron chi connectivity index (χ0n) is 17.6. The summed E-state index contributed by atoms with van der Waals surface area (Å²) in [6, 6.07) is 0.418. The van der Waals surface area contributed by atoms with Gasteiger partial charge in [-0.05, 0) is 54.6 Å². The van der Waals surface area contributed by atoms with Crippen LogP contribution in [0.25, 0.3) is 0 Å². The second-order valence-corrected chi connectivity index (χ2v) is 7.89. The third-order valence-electron chi connectivity index (χ3n) is 3.76. The van der Waals surface area contributed by atoms with Crippen LogP contribution in [-0.2, 0) is 4.74 Å². The summed E-state index contributed by atoms with van der Waals surface area (Å²) in [5, 5.41) is 9.47. The summed E-state index contributed by atoms with van der Waals surface area (Å²) in [6.45, 7) is 19.3. The third-order valence-corrected chi connectivity index (χ3v) is 3.76. The van der Waals surface area contributed by atoms with E-state index in [0.29, 0.717) is 12.6 Å². The van der Waals surface area contributed by atoms with E-state index in [0.717, 1.165) is 25.6 Å². The number of carbonyl (C=O) groups is 1. The highest BCUT2D eigenvalue weighted by molar-refractivity contribution is 5.79. The van der Waals surface area contributed by atoms with Crippen LogP contribution in [-0.4, -0.2) is 67.4 Å². The van der Waals surface area contributed by atoms with Crippen molar-refractivity contribution in [3.63, 3.8) is 0 Å². The highest BCUT2D eigenvalue weighted by Gasteiger charge is 2.24. The van der Waals surface area contributed by atoms with E-state index in [1.54, 1.807) is 7.05 Å². The van der Waals surface area contributed by atoms with Crippen LogP contribution in [0.4, 0.5) is 4.79 Å². The number of aliphatic imine (C=N–C) groups is 1. The van der Waals surface area contributed by atoms with E-state index in [1.807, 2.05) is 34.6 Å². The lowest BCUT2D eigenvalue weighted by Gasteiger charge is -2.30. The molecule has 0 saturated carbocycles. The molecule has 0 aliphatic rings. The van der Waals surface area contributed by atoms with E-state index < -0.39 is 17.2 Å². The molecule has 0 rings (SSSR count). The number of carbonyl (C=O) groups excluding carboxylic acids is 1. The number of nitrogens with zero attached hydrogens (tertiary/aromatic N) is 2. The Labute approximate surface area is 154 Å². The molecule has 0 spiro atoms. The van der Waals surface area contributed by atoms with Gasteiger partial charge >= 0.3 is 6.09 Å². The zero-order valence-corrected chi connectivity index (χ0v) is 17.6. The number of ether oxygens (including phenoxy) is 1. The first-order valence-electron chi connectivity index (χ1n) is 9.13. The Morgan fingerprint density at radius 1 is 1.12 bits per heavy atom. The normalized spacial score (nSPS) is 14.2. The molecule has 1 unspecified atom stereocenters. The standard InChI is InChI=1S/C18H39N5O2/c1-10-23(11-2)14(3)12-20-15(19-9)21-13-18(7,8)22-16(24)25-17(4,5)6/h14H,10-13H2,1-9H3,(H,22,24)(H2,19,20,21). The Bertz CT molecular complexity index is 426. The van der Waals surface area contributed by atoms with Crippen molar-refractivity contribution in [2.45, 2.75) is 72.6 Å². The number of alkyl carbamates (subject to hydrolysis) is 1. The molecular weight excluding hydrogens is 318 g/mol. The lowest BCUT2D eigenvalue weighted by Crippen LogP contribution is -2.55. The molecule has 0 fully saturated rings. The fraction of sp³-hybridized carbons (Fsp3) is 0.889. The number of hydrogen-bond acceptors (Lipinski definition) is 4. The van der Waals surface area contributed by atoms with Crippen molar-refractivity contribution in [1.82, 2.24) is 20.9 Å². The molecule has 0 aliphatic carbocycles. The summed E-state index contributed by atoms with van der Waals surface area (Å²) in [7, 11) is 1.74. The van der Waals surface area contributed by atoms with E-state index in [9.17, 15) is 4.79 Å². The van der Waals surface area contributed by atoms with Crippen molar-refractivity contribution in [3.8, 4) is 0 Å². The van der Waals surface area contributed by atoms with Gasteiger partial charge in [0.25, 0.3) is 0 Å². The van der Waals surface area contributed by atoms with Gasteiger partial charge in [0.05, 0.1) is 5.54 Å². The molecule has 0 heterocycles. The van der Waals surface area contributed by atoms with Gasteiger partial charge in [0.2, 0.25) is 0 Å². The van der Waals surface area contributed by atoms with Crippen molar-refractivity contribution < 1.29 is 9.53 Å². The number of hydrogen-bond donors (Lipinski definition) is 3. The highest BCUT2D eigenvalue weighted by Crippen LogP contribution is 2.09. The molecule has 0 aliphatic heterocycles. The second kappa shape index (κ2) is 10.5. The fourth-order valence-corrected chi connectivity index (χ4v) is 2.37. The van der Waals surface area contributed by atoms with Gasteiger partial charge in [-0.1, -0.05) is 13.8 Å². The Morgan fingerprint density at radius 2 is 1.68 bits per heavy atom. The molecule has 1 atom stereocenters. The van der Waals surface area contributed by atoms with Crippen LogP contribution in [0.15, 0.2) is 4.99 Å². The Hall–Kier alpha value is -1.50. The SMILES string of the molecule is CCN(CC)C(C)CNC(=NC)NCC(C)(C)NC(=O)OC(C)(C)C. The maximum absolute atomic E-state index is 11.9. The fourth-order valence-electron chi connectivity index (χ4n) is 2.37. The minimum atomic E-state index is -0.508. The van der Waals surface area contributed by atoms with Crippen molar-refractivity contribution in [1.29, 1.82) is 0 Å². The lowest BCUT2D eigenvalue weighted by atomic mass is 10.1. The van der Waals surface area contributed by atoms with Crippen LogP contribution in [0.2, 0.25) is 0 Å². The van der Waals surface area contributed by atoms with Gasteiger partial charge in [-0.3, -0.25) is 9.89 Å². The van der Waals surface area contributed by atoms with Crippen LogP contribution in [0.1, 0.15) is 55.4 Å². The largest absolute Gasteiger partial charge is 0.444 e. The van der Waals surface area contributed by atoms with Gasteiger partial charge < -0.3 is 20.7 Å². The molecule has 1 amide bonds. The third kappa shape index (κ3) is 10.9. The number of guanidine groups is 1. The predicted molar refractivity (Wildman–Crippen MR) is 105 cm³/mol. The van der Waals surface area contributed by atoms with E-state index in [-0.39, 0.29) is 0 Å². The number of nitrogens with one attached hydrogen (secondary N) is 3. The van der Waals surface area contributed by atoms with E-state index in [2.05, 4.69) is 46.6 Å². The predicted octanol–water partition coefficient (Wildman–Crippen LogP) is 2.19. The first-order chi connectivity index (χ1) is 11.4. The second-order valence-electron chi connectivity index (χ2n) is 7.89. The molecule has 0 aromatic rings. The minimum absolute atomic E-state index is 0.418. The molecule has 0 bridgehead atoms. The summed E-state index contributed by atoms with van der Waals surface area (Å²) in [6.07, 6.45) is -0.419. The van der Waals surface area contributed by atoms with E-state index >= 15 is 0 Å². The monoisotopic (exact) mass is 357 g/mol. The van der Waals surface area contributed by atoms with Gasteiger partial charge in [0, 0.05) is 26.2 Å². The number of amides is 1. The number of rotatable bonds is 8. The molecule has 7 heteroatoms. The molecule has 25 heavy (non-hydrogen) atoms. The Balaban J connectivity index is 4.42. The Kier molecular flexibility index (Phi) is 9.85. The first-order valence-corrected chi connectivity index (χ1v) is 9.13. The van der Waals surface area contributed by atoms with Gasteiger partial charge in [-0.2, -0.15) is 0 Å². The summed E-state index contributed by atoms with van der Waals surface area (Å²) in [4.78, 5) is 18.6. The van der Waals surface area contributed by atoms with Crippen molar-refractivity contribution in [3.05, 3.63) is 0 Å². The summed E-state index contributed by atoms with van der Waals surface area (Å²) < 4.78 is 5.31. The summed E-state index contributed by atoms with van der Waals surface area (Å²) in [5.41, 5.74) is -0.976. The molecule has 0 radical (unpaired) electrons. The molecule has 148 valence electrons. The smallest absolute Gasteiger partial charge is 0.408 e. The number of likely N-dealkylation sites (N-methyl/N-ethyl adjacent to an activating group) is 1. The van der Waals surface area contributed by atoms with Crippen LogP contribution >= 0.6 is 0 Å². The Morgan fingerprint density at radius 3 is 2.12 bits per heavy atom. The van der Waals surface area contributed by atoms with E-state index in [1.165, 1.54) is 0 Å². The van der Waals surface area contributed by atoms with Crippen molar-refractivity contribution in [2.24, 2.45) is 4.99 Å². The molecule has 7 nitrogen and oxygen atoms in total. The zero-order chi connectivity index (χ0) is 19.7. The minimum Gasteiger partial charge on any atom is -0.444 e. The summed E-state index contributed by atoms with van der Waals surface area (Å²) in [5.74, 6) is 0.720. The molecule has 0 saturated heterocycles. The maximum atomic E-state index is 11.9. The average Bonchev–Trinajstić information content (AvgIpc) is 2.45. The van der Waals surface area contributed by atoms with Gasteiger partial charge in [0.1, 0.15) is 5.60 Å². The van der Waals surface area contributed by atoms with Crippen molar-refractivity contribution in [2.75, 3.05) is 33.2 Å². The van der Waals surface area contributed by atoms with Crippen LogP contribution in [0.5, 0.6) is 0 Å². The molecule has 3 N–H and O–H groups in total. The maximum Gasteiger partial charge on any atom is 0.408 e. The van der Waals surface area contributed by atoms with Crippen LogP contribution < -0.4 is 16.0 Å².